The van der Waals surface area contributed by atoms with E-state index in [4.69, 9.17) is 14.9 Å². The van der Waals surface area contributed by atoms with Crippen molar-refractivity contribution in [2.75, 3.05) is 26.7 Å². The van der Waals surface area contributed by atoms with Gasteiger partial charge in [0, 0.05) is 24.7 Å². The van der Waals surface area contributed by atoms with Gasteiger partial charge in [0.25, 0.3) is 11.8 Å². The van der Waals surface area contributed by atoms with Crippen LogP contribution >= 0.6 is 0 Å². The normalized spacial score (nSPS) is 15.2. The van der Waals surface area contributed by atoms with Crippen LogP contribution in [0.4, 0.5) is 13.2 Å². The van der Waals surface area contributed by atoms with E-state index in [-0.39, 0.29) is 28.6 Å². The molecule has 37 heavy (non-hydrogen) atoms. The van der Waals surface area contributed by atoms with Crippen LogP contribution in [0, 0.1) is 12.8 Å². The first-order valence-electron chi connectivity index (χ1n) is 11.8. The number of alkyl halides is 3. The Hall–Kier alpha value is -3.73. The van der Waals surface area contributed by atoms with Crippen LogP contribution in [0.15, 0.2) is 34.7 Å². The molecular formula is C26H28F3N3O5. The van der Waals surface area contributed by atoms with Crippen LogP contribution in [0.5, 0.6) is 11.5 Å². The number of carbonyl (C=O) groups excluding carboxylic acids is 2. The van der Waals surface area contributed by atoms with Crippen molar-refractivity contribution in [1.29, 1.82) is 0 Å². The van der Waals surface area contributed by atoms with Crippen LogP contribution in [0.2, 0.25) is 0 Å². The number of nitrogens with one attached hydrogen (secondary N) is 1. The number of ether oxygens (including phenoxy) is 1. The number of aryl methyl sites for hydroxylation is 1. The second-order valence-electron chi connectivity index (χ2n) is 9.23. The first-order valence-corrected chi connectivity index (χ1v) is 11.8. The van der Waals surface area contributed by atoms with Crippen molar-refractivity contribution in [3.05, 3.63) is 58.3 Å². The van der Waals surface area contributed by atoms with Gasteiger partial charge in [-0.25, -0.2) is 0 Å². The van der Waals surface area contributed by atoms with Crippen LogP contribution in [0.25, 0.3) is 11.0 Å². The number of piperidine rings is 1. The van der Waals surface area contributed by atoms with E-state index < -0.39 is 29.3 Å². The van der Waals surface area contributed by atoms with E-state index in [1.807, 2.05) is 0 Å². The zero-order valence-corrected chi connectivity index (χ0v) is 20.4. The molecule has 0 spiro atoms. The maximum Gasteiger partial charge on any atom is 0.416 e. The van der Waals surface area contributed by atoms with Gasteiger partial charge in [0.15, 0.2) is 11.3 Å². The van der Waals surface area contributed by atoms with E-state index in [2.05, 4.69) is 10.2 Å². The summed E-state index contributed by atoms with van der Waals surface area (Å²) in [7, 11) is 1.39. The number of nitrogens with zero attached hydrogens (tertiary/aromatic N) is 1. The van der Waals surface area contributed by atoms with Crippen molar-refractivity contribution in [3.8, 4) is 11.5 Å². The monoisotopic (exact) mass is 519 g/mol. The lowest BCUT2D eigenvalue weighted by Crippen LogP contribution is -2.38. The van der Waals surface area contributed by atoms with E-state index in [0.717, 1.165) is 18.9 Å². The summed E-state index contributed by atoms with van der Waals surface area (Å²) in [5.41, 5.74) is 5.55. The third kappa shape index (κ3) is 5.51. The summed E-state index contributed by atoms with van der Waals surface area (Å²) in [4.78, 5) is 26.9. The minimum atomic E-state index is -4.37. The van der Waals surface area contributed by atoms with Crippen LogP contribution in [-0.2, 0) is 12.7 Å². The smallest absolute Gasteiger partial charge is 0.416 e. The van der Waals surface area contributed by atoms with Crippen molar-refractivity contribution < 1.29 is 37.0 Å². The number of benzene rings is 2. The van der Waals surface area contributed by atoms with E-state index in [9.17, 15) is 27.9 Å². The Morgan fingerprint density at radius 1 is 1.24 bits per heavy atom. The molecule has 1 fully saturated rings. The minimum absolute atomic E-state index is 0.0108. The molecule has 1 saturated heterocycles. The molecule has 4 rings (SSSR count). The summed E-state index contributed by atoms with van der Waals surface area (Å²) >= 11 is 0. The van der Waals surface area contributed by atoms with Gasteiger partial charge in [0.2, 0.25) is 0 Å². The maximum atomic E-state index is 13.0. The summed E-state index contributed by atoms with van der Waals surface area (Å²) < 4.78 is 49.9. The Kier molecular flexibility index (Phi) is 7.35. The molecule has 2 aromatic carbocycles. The molecule has 3 aromatic rings. The Labute approximate surface area is 211 Å². The van der Waals surface area contributed by atoms with E-state index >= 15 is 0 Å². The average molecular weight is 520 g/mol. The van der Waals surface area contributed by atoms with Crippen molar-refractivity contribution in [2.45, 2.75) is 32.5 Å². The van der Waals surface area contributed by atoms with E-state index in [0.29, 0.717) is 42.7 Å². The number of amides is 2. The highest BCUT2D eigenvalue weighted by atomic mass is 19.4. The molecule has 0 radical (unpaired) electrons. The van der Waals surface area contributed by atoms with Gasteiger partial charge >= 0.3 is 6.18 Å². The van der Waals surface area contributed by atoms with Gasteiger partial charge in [-0.05, 0) is 50.4 Å². The number of nitrogens with two attached hydrogens (primary N) is 1. The van der Waals surface area contributed by atoms with Crippen molar-refractivity contribution in [2.24, 2.45) is 11.7 Å². The van der Waals surface area contributed by atoms with Crippen LogP contribution < -0.4 is 15.8 Å². The summed E-state index contributed by atoms with van der Waals surface area (Å²) in [6.07, 6.45) is -2.83. The van der Waals surface area contributed by atoms with Crippen LogP contribution in [0.1, 0.15) is 50.4 Å². The average Bonchev–Trinajstić information content (AvgIpc) is 3.19. The summed E-state index contributed by atoms with van der Waals surface area (Å²) in [6, 6.07) is 6.61. The number of carbonyl (C=O) groups is 2. The molecule has 0 unspecified atom stereocenters. The molecule has 1 aliphatic heterocycles. The van der Waals surface area contributed by atoms with E-state index in [1.54, 1.807) is 13.0 Å². The second kappa shape index (κ2) is 10.3. The molecule has 2 heterocycles. The number of methoxy groups -OCH3 is 1. The molecule has 0 saturated carbocycles. The Morgan fingerprint density at radius 2 is 1.95 bits per heavy atom. The topological polar surface area (TPSA) is 118 Å². The Bertz CT molecular complexity index is 1330. The number of furan rings is 1. The number of rotatable bonds is 7. The molecule has 1 aliphatic rings. The zero-order valence-electron chi connectivity index (χ0n) is 20.4. The lowest BCUT2D eigenvalue weighted by atomic mass is 9.96. The number of likely N-dealkylation sites (tertiary alicyclic amines) is 1. The fraction of sp³-hybridized carbons (Fsp3) is 0.385. The number of hydrogen-bond donors (Lipinski definition) is 3. The first-order chi connectivity index (χ1) is 17.5. The lowest BCUT2D eigenvalue weighted by Gasteiger charge is -2.32. The highest BCUT2D eigenvalue weighted by Crippen LogP contribution is 2.40. The third-order valence-electron chi connectivity index (χ3n) is 6.74. The van der Waals surface area contributed by atoms with Crippen molar-refractivity contribution in [1.82, 2.24) is 10.2 Å². The SMILES string of the molecule is COc1cc(O)c(C(N)=O)c2oc(C(=O)NCC3CCN(Cc4cccc(C(F)(F)F)c4)CC3)c(C)c12. The highest BCUT2D eigenvalue weighted by Gasteiger charge is 2.31. The molecule has 1 aromatic heterocycles. The molecule has 0 atom stereocenters. The quantitative estimate of drug-likeness (QED) is 0.430. The van der Waals surface area contributed by atoms with Crippen molar-refractivity contribution >= 4 is 22.8 Å². The van der Waals surface area contributed by atoms with Crippen LogP contribution in [0.3, 0.4) is 0 Å². The molecule has 11 heteroatoms. The van der Waals surface area contributed by atoms with Gasteiger partial charge in [-0.3, -0.25) is 14.5 Å². The number of fused-ring (bicyclic) bond motifs is 1. The first kappa shape index (κ1) is 26.3. The van der Waals surface area contributed by atoms with Crippen molar-refractivity contribution in [3.63, 3.8) is 0 Å². The highest BCUT2D eigenvalue weighted by molar-refractivity contribution is 6.11. The van der Waals surface area contributed by atoms with Gasteiger partial charge in [0.05, 0.1) is 18.1 Å². The molecule has 0 aliphatic carbocycles. The molecular weight excluding hydrogens is 491 g/mol. The van der Waals surface area contributed by atoms with Crippen LogP contribution in [-0.4, -0.2) is 48.6 Å². The number of aromatic hydroxyl groups is 1. The van der Waals surface area contributed by atoms with Gasteiger partial charge in [-0.15, -0.1) is 0 Å². The second-order valence-corrected chi connectivity index (χ2v) is 9.23. The summed E-state index contributed by atoms with van der Waals surface area (Å²) in [6.45, 7) is 3.85. The Balaban J connectivity index is 1.38. The van der Waals surface area contributed by atoms with E-state index in [1.165, 1.54) is 25.3 Å². The zero-order chi connectivity index (χ0) is 26.9. The number of primary amides is 1. The number of halogens is 3. The van der Waals surface area contributed by atoms with Gasteiger partial charge in [0.1, 0.15) is 17.1 Å². The molecule has 0 bridgehead atoms. The molecule has 4 N–H and O–H groups in total. The maximum absolute atomic E-state index is 13.0. The molecule has 198 valence electrons. The number of hydrogen-bond acceptors (Lipinski definition) is 6. The van der Waals surface area contributed by atoms with Gasteiger partial charge in [-0.1, -0.05) is 18.2 Å². The predicted octanol–water partition coefficient (Wildman–Crippen LogP) is 4.22. The fourth-order valence-electron chi connectivity index (χ4n) is 4.76. The number of phenols is 1. The summed E-state index contributed by atoms with van der Waals surface area (Å²) in [5, 5.41) is 13.4. The standard InChI is InChI=1S/C26H28F3N3O5/c1-14-20-19(36-2)11-18(33)21(24(30)34)23(20)37-22(14)25(35)31-12-15-6-8-32(9-7-15)13-16-4-3-5-17(10-16)26(27,28)29/h3-5,10-11,15,33H,6-9,12-13H2,1-2H3,(H2,30,34)(H,31,35). The van der Waals surface area contributed by atoms with Gasteiger partial charge in [-0.2, -0.15) is 13.2 Å². The minimum Gasteiger partial charge on any atom is -0.507 e. The summed E-state index contributed by atoms with van der Waals surface area (Å²) in [5.74, 6) is -1.37. The lowest BCUT2D eigenvalue weighted by molar-refractivity contribution is -0.137. The molecule has 8 nitrogen and oxygen atoms in total. The van der Waals surface area contributed by atoms with Gasteiger partial charge < -0.3 is 25.3 Å². The molecule has 2 amide bonds. The fourth-order valence-corrected chi connectivity index (χ4v) is 4.76. The largest absolute Gasteiger partial charge is 0.507 e. The predicted molar refractivity (Wildman–Crippen MR) is 129 cm³/mol. The third-order valence-corrected chi connectivity index (χ3v) is 6.74. The Morgan fingerprint density at radius 3 is 2.57 bits per heavy atom.